The standard InChI is InChI=1S/C18H17N3O4/c1-10-8-12(9-14-16(22)20-18(24)19-14)11(2)21(10)15-7-5-4-6-13(15)17(23)25-3/h4-9H,1-3H3,(H2,19,20,22,24)/b14-9+. The van der Waals surface area contributed by atoms with Crippen LogP contribution in [0.25, 0.3) is 11.8 Å². The third-order valence-electron chi connectivity index (χ3n) is 4.04. The van der Waals surface area contributed by atoms with Crippen molar-refractivity contribution in [2.45, 2.75) is 13.8 Å². The number of nitrogens with one attached hydrogen (secondary N) is 2. The summed E-state index contributed by atoms with van der Waals surface area (Å²) in [6.07, 6.45) is 1.61. The van der Waals surface area contributed by atoms with Gasteiger partial charge in [-0.2, -0.15) is 0 Å². The van der Waals surface area contributed by atoms with Gasteiger partial charge in [0.25, 0.3) is 5.91 Å². The number of carbonyl (C=O) groups excluding carboxylic acids is 3. The van der Waals surface area contributed by atoms with Gasteiger partial charge in [-0.25, -0.2) is 9.59 Å². The Kier molecular flexibility index (Phi) is 4.14. The second-order valence-electron chi connectivity index (χ2n) is 5.64. The number of aromatic nitrogens is 1. The maximum Gasteiger partial charge on any atom is 0.339 e. The van der Waals surface area contributed by atoms with Crippen molar-refractivity contribution in [3.05, 3.63) is 58.5 Å². The number of amides is 3. The molecule has 1 aliphatic heterocycles. The summed E-state index contributed by atoms with van der Waals surface area (Å²) < 4.78 is 6.76. The van der Waals surface area contributed by atoms with Crippen molar-refractivity contribution in [1.29, 1.82) is 0 Å². The topological polar surface area (TPSA) is 89.4 Å². The summed E-state index contributed by atoms with van der Waals surface area (Å²) in [5.74, 6) is -0.893. The first kappa shape index (κ1) is 16.5. The van der Waals surface area contributed by atoms with E-state index in [1.165, 1.54) is 7.11 Å². The van der Waals surface area contributed by atoms with E-state index in [1.807, 2.05) is 36.6 Å². The molecule has 0 atom stereocenters. The number of esters is 1. The van der Waals surface area contributed by atoms with Gasteiger partial charge in [-0.15, -0.1) is 0 Å². The van der Waals surface area contributed by atoms with E-state index in [2.05, 4.69) is 10.6 Å². The van der Waals surface area contributed by atoms with Crippen LogP contribution in [0.3, 0.4) is 0 Å². The van der Waals surface area contributed by atoms with Crippen LogP contribution >= 0.6 is 0 Å². The van der Waals surface area contributed by atoms with E-state index in [0.29, 0.717) is 11.3 Å². The first-order valence-electron chi connectivity index (χ1n) is 7.63. The molecule has 0 saturated carbocycles. The van der Waals surface area contributed by atoms with Crippen LogP contribution in [0.2, 0.25) is 0 Å². The molecular formula is C18H17N3O4. The zero-order chi connectivity index (χ0) is 18.1. The van der Waals surface area contributed by atoms with E-state index in [-0.39, 0.29) is 5.70 Å². The predicted molar refractivity (Wildman–Crippen MR) is 91.2 cm³/mol. The number of imide groups is 1. The Hall–Kier alpha value is -3.35. The number of hydrogen-bond donors (Lipinski definition) is 2. The second kappa shape index (κ2) is 6.27. The van der Waals surface area contributed by atoms with Crippen molar-refractivity contribution in [1.82, 2.24) is 15.2 Å². The van der Waals surface area contributed by atoms with Gasteiger partial charge in [-0.1, -0.05) is 12.1 Å². The lowest BCUT2D eigenvalue weighted by Crippen LogP contribution is -2.22. The van der Waals surface area contributed by atoms with Gasteiger partial charge < -0.3 is 14.6 Å². The molecule has 3 amide bonds. The maximum absolute atomic E-state index is 12.0. The average molecular weight is 339 g/mol. The molecule has 2 aromatic rings. The minimum absolute atomic E-state index is 0.187. The van der Waals surface area contributed by atoms with Crippen molar-refractivity contribution < 1.29 is 19.1 Å². The summed E-state index contributed by atoms with van der Waals surface area (Å²) >= 11 is 0. The molecule has 7 nitrogen and oxygen atoms in total. The summed E-state index contributed by atoms with van der Waals surface area (Å²) in [5.41, 5.74) is 3.79. The van der Waals surface area contributed by atoms with Gasteiger partial charge in [0, 0.05) is 11.4 Å². The molecule has 0 spiro atoms. The molecule has 0 bridgehead atoms. The number of aryl methyl sites for hydroxylation is 1. The summed E-state index contributed by atoms with van der Waals surface area (Å²) in [6, 6.07) is 8.47. The molecule has 0 aliphatic carbocycles. The summed E-state index contributed by atoms with van der Waals surface area (Å²) in [5, 5.41) is 4.63. The van der Waals surface area contributed by atoms with Crippen LogP contribution in [0.4, 0.5) is 4.79 Å². The molecule has 1 fully saturated rings. The zero-order valence-electron chi connectivity index (χ0n) is 14.0. The molecule has 3 rings (SSSR count). The minimum atomic E-state index is -0.541. The first-order chi connectivity index (χ1) is 11.9. The highest BCUT2D eigenvalue weighted by molar-refractivity contribution is 6.14. The summed E-state index contributed by atoms with van der Waals surface area (Å²) in [6.45, 7) is 3.78. The quantitative estimate of drug-likeness (QED) is 0.509. The third-order valence-corrected chi connectivity index (χ3v) is 4.04. The number of hydrogen-bond acceptors (Lipinski definition) is 4. The molecule has 128 valence electrons. The van der Waals surface area contributed by atoms with Crippen LogP contribution in [0.5, 0.6) is 0 Å². The summed E-state index contributed by atoms with van der Waals surface area (Å²) in [7, 11) is 1.34. The Morgan fingerprint density at radius 2 is 1.88 bits per heavy atom. The van der Waals surface area contributed by atoms with Gasteiger partial charge in [-0.3, -0.25) is 10.1 Å². The van der Waals surface area contributed by atoms with Crippen molar-refractivity contribution in [3.8, 4) is 5.69 Å². The SMILES string of the molecule is COC(=O)c1ccccc1-n1c(C)cc(/C=C2/NC(=O)NC2=O)c1C. The van der Waals surface area contributed by atoms with Gasteiger partial charge in [-0.05, 0) is 43.7 Å². The fraction of sp³-hybridized carbons (Fsp3) is 0.167. The van der Waals surface area contributed by atoms with E-state index < -0.39 is 17.9 Å². The van der Waals surface area contributed by atoms with Crippen molar-refractivity contribution in [2.24, 2.45) is 0 Å². The largest absolute Gasteiger partial charge is 0.465 e. The zero-order valence-corrected chi connectivity index (χ0v) is 14.0. The fourth-order valence-electron chi connectivity index (χ4n) is 2.89. The molecule has 2 N–H and O–H groups in total. The van der Waals surface area contributed by atoms with Crippen LogP contribution in [0.1, 0.15) is 27.3 Å². The molecule has 1 aromatic carbocycles. The van der Waals surface area contributed by atoms with E-state index in [0.717, 1.165) is 17.0 Å². The lowest BCUT2D eigenvalue weighted by Gasteiger charge is -2.13. The smallest absolute Gasteiger partial charge is 0.339 e. The Bertz CT molecular complexity index is 924. The van der Waals surface area contributed by atoms with Crippen molar-refractivity contribution >= 4 is 24.0 Å². The molecule has 2 heterocycles. The van der Waals surface area contributed by atoms with Gasteiger partial charge in [0.2, 0.25) is 0 Å². The number of urea groups is 1. The van der Waals surface area contributed by atoms with Crippen molar-refractivity contribution in [3.63, 3.8) is 0 Å². The van der Waals surface area contributed by atoms with Gasteiger partial charge in [0.15, 0.2) is 0 Å². The van der Waals surface area contributed by atoms with Gasteiger partial charge >= 0.3 is 12.0 Å². The number of carbonyl (C=O) groups is 3. The fourth-order valence-corrected chi connectivity index (χ4v) is 2.89. The Morgan fingerprint density at radius 1 is 1.16 bits per heavy atom. The lowest BCUT2D eigenvalue weighted by atomic mass is 10.1. The van der Waals surface area contributed by atoms with Gasteiger partial charge in [0.1, 0.15) is 5.70 Å². The summed E-state index contributed by atoms with van der Waals surface area (Å²) in [4.78, 5) is 35.0. The monoisotopic (exact) mass is 339 g/mol. The first-order valence-corrected chi connectivity index (χ1v) is 7.63. The van der Waals surface area contributed by atoms with Crippen molar-refractivity contribution in [2.75, 3.05) is 7.11 Å². The number of para-hydroxylation sites is 1. The van der Waals surface area contributed by atoms with E-state index in [4.69, 9.17) is 4.74 Å². The molecule has 1 aromatic heterocycles. The second-order valence-corrected chi connectivity index (χ2v) is 5.64. The number of methoxy groups -OCH3 is 1. The molecule has 0 unspecified atom stereocenters. The molecule has 7 heteroatoms. The molecule has 25 heavy (non-hydrogen) atoms. The minimum Gasteiger partial charge on any atom is -0.465 e. The normalized spacial score (nSPS) is 15.2. The van der Waals surface area contributed by atoms with Gasteiger partial charge in [0.05, 0.1) is 18.4 Å². The Morgan fingerprint density at radius 3 is 2.52 bits per heavy atom. The van der Waals surface area contributed by atoms with Crippen LogP contribution in [0.15, 0.2) is 36.0 Å². The lowest BCUT2D eigenvalue weighted by molar-refractivity contribution is -0.115. The number of benzene rings is 1. The molecular weight excluding hydrogens is 322 g/mol. The maximum atomic E-state index is 12.0. The number of rotatable bonds is 3. The predicted octanol–water partition coefficient (Wildman–Crippen LogP) is 2.06. The Labute approximate surface area is 144 Å². The highest BCUT2D eigenvalue weighted by Gasteiger charge is 2.24. The number of nitrogens with zero attached hydrogens (tertiary/aromatic N) is 1. The van der Waals surface area contributed by atoms with E-state index in [1.54, 1.807) is 18.2 Å². The van der Waals surface area contributed by atoms with E-state index >= 15 is 0 Å². The van der Waals surface area contributed by atoms with E-state index in [9.17, 15) is 14.4 Å². The highest BCUT2D eigenvalue weighted by atomic mass is 16.5. The van der Waals surface area contributed by atoms with Crippen LogP contribution in [0, 0.1) is 13.8 Å². The highest BCUT2D eigenvalue weighted by Crippen LogP contribution is 2.25. The molecule has 1 saturated heterocycles. The molecule has 1 aliphatic rings. The van der Waals surface area contributed by atoms with Crippen LogP contribution in [-0.2, 0) is 9.53 Å². The molecule has 0 radical (unpaired) electrons. The van der Waals surface area contributed by atoms with Crippen LogP contribution < -0.4 is 10.6 Å². The van der Waals surface area contributed by atoms with Crippen LogP contribution in [-0.4, -0.2) is 29.6 Å². The third kappa shape index (κ3) is 2.91. The Balaban J connectivity index is 2.11. The number of ether oxygens (including phenoxy) is 1. The average Bonchev–Trinajstić information content (AvgIpc) is 3.05.